The van der Waals surface area contributed by atoms with Gasteiger partial charge in [-0.05, 0) is 26.2 Å². The zero-order valence-electron chi connectivity index (χ0n) is 20.2. The summed E-state index contributed by atoms with van der Waals surface area (Å²) < 4.78 is 0. The van der Waals surface area contributed by atoms with Gasteiger partial charge >= 0.3 is 5.97 Å². The molecule has 0 aliphatic heterocycles. The van der Waals surface area contributed by atoms with E-state index in [4.69, 9.17) is 10.8 Å². The topological polar surface area (TPSA) is 238 Å². The fourth-order valence-corrected chi connectivity index (χ4v) is 2.60. The van der Waals surface area contributed by atoms with Crippen LogP contribution in [0.2, 0.25) is 0 Å². The average Bonchev–Trinajstić information content (AvgIpc) is 2.78. The first kappa shape index (κ1) is 31.2. The molecule has 0 saturated heterocycles. The molecule has 35 heavy (non-hydrogen) atoms. The number of amides is 6. The van der Waals surface area contributed by atoms with Crippen molar-refractivity contribution < 1.29 is 38.7 Å². The first-order chi connectivity index (χ1) is 16.3. The summed E-state index contributed by atoms with van der Waals surface area (Å²) in [6.45, 7) is 4.57. The van der Waals surface area contributed by atoms with Crippen LogP contribution in [0.1, 0.15) is 34.1 Å². The summed E-state index contributed by atoms with van der Waals surface area (Å²) in [5, 5.41) is 22.4. The van der Waals surface area contributed by atoms with Crippen molar-refractivity contribution in [1.29, 1.82) is 0 Å². The van der Waals surface area contributed by atoms with Gasteiger partial charge in [-0.3, -0.25) is 33.6 Å². The maximum Gasteiger partial charge on any atom is 0.322 e. The molecule has 0 aromatic rings. The van der Waals surface area contributed by atoms with E-state index in [2.05, 4.69) is 31.9 Å². The van der Waals surface area contributed by atoms with Gasteiger partial charge in [0.05, 0.1) is 19.6 Å². The number of carboxylic acids is 1. The number of nitrogens with two attached hydrogens (primary N) is 1. The number of hydrogen-bond acceptors (Lipinski definition) is 8. The predicted molar refractivity (Wildman–Crippen MR) is 122 cm³/mol. The molecular weight excluding hydrogens is 466 g/mol. The minimum atomic E-state index is -1.24. The number of hydrogen-bond donors (Lipinski definition) is 8. The molecule has 0 bridgehead atoms. The summed E-state index contributed by atoms with van der Waals surface area (Å²) in [6.07, 6.45) is 0.333. The number of aliphatic carboxylic acids is 1. The molecule has 0 spiro atoms. The summed E-state index contributed by atoms with van der Waals surface area (Å²) in [7, 11) is 0. The molecule has 0 aromatic carbocycles. The Balaban J connectivity index is 4.49. The molecule has 0 heterocycles. The lowest BCUT2D eigenvalue weighted by atomic mass is 10.0. The van der Waals surface area contributed by atoms with Crippen molar-refractivity contribution in [3.8, 4) is 0 Å². The fourth-order valence-electron chi connectivity index (χ4n) is 2.60. The van der Waals surface area contributed by atoms with Gasteiger partial charge in [-0.2, -0.15) is 0 Å². The highest BCUT2D eigenvalue weighted by Crippen LogP contribution is 2.04. The summed E-state index contributed by atoms with van der Waals surface area (Å²) in [6, 6.07) is -2.95. The average molecular weight is 502 g/mol. The van der Waals surface area contributed by atoms with Crippen molar-refractivity contribution in [3.63, 3.8) is 0 Å². The van der Waals surface area contributed by atoms with Crippen LogP contribution in [0.4, 0.5) is 0 Å². The molecule has 15 nitrogen and oxygen atoms in total. The Morgan fingerprint density at radius 1 is 0.657 bits per heavy atom. The van der Waals surface area contributed by atoms with Crippen LogP contribution in [0.3, 0.4) is 0 Å². The van der Waals surface area contributed by atoms with Crippen molar-refractivity contribution in [1.82, 2.24) is 31.9 Å². The fraction of sp³-hybridized carbons (Fsp3) is 0.650. The van der Waals surface area contributed by atoms with Crippen LogP contribution in [0.25, 0.3) is 0 Å². The molecule has 6 amide bonds. The highest BCUT2D eigenvalue weighted by molar-refractivity contribution is 5.94. The smallest absolute Gasteiger partial charge is 0.322 e. The summed E-state index contributed by atoms with van der Waals surface area (Å²) in [5.74, 6) is -5.05. The molecule has 0 saturated carbocycles. The second kappa shape index (κ2) is 16.0. The molecule has 198 valence electrons. The zero-order chi connectivity index (χ0) is 27.1. The van der Waals surface area contributed by atoms with E-state index in [0.717, 1.165) is 0 Å². The Morgan fingerprint density at radius 2 is 1.09 bits per heavy atom. The quantitative estimate of drug-likeness (QED) is 0.109. The molecule has 0 fully saturated rings. The van der Waals surface area contributed by atoms with E-state index in [0.29, 0.717) is 6.42 Å². The summed E-state index contributed by atoms with van der Waals surface area (Å²) in [5.41, 5.74) is 5.25. The number of nitrogens with one attached hydrogen (secondary N) is 6. The third kappa shape index (κ3) is 14.2. The van der Waals surface area contributed by atoms with E-state index in [-0.39, 0.29) is 12.5 Å². The van der Waals surface area contributed by atoms with Gasteiger partial charge in [0.2, 0.25) is 35.4 Å². The van der Waals surface area contributed by atoms with E-state index in [1.807, 2.05) is 13.8 Å². The van der Waals surface area contributed by atoms with Gasteiger partial charge in [-0.15, -0.1) is 0 Å². The van der Waals surface area contributed by atoms with Crippen LogP contribution < -0.4 is 37.6 Å². The second-order valence-corrected chi connectivity index (χ2v) is 8.08. The van der Waals surface area contributed by atoms with Crippen LogP contribution in [-0.2, 0) is 33.6 Å². The third-order valence-electron chi connectivity index (χ3n) is 4.35. The SMILES string of the molecule is CC(C)C[C@H](NC(=O)CN)C(=O)NCC(=O)N[C@@H](C)C(=O)NCC(=O)N[C@@H](C)C(=O)NCC(=O)O. The monoisotopic (exact) mass is 501 g/mol. The van der Waals surface area contributed by atoms with E-state index in [9.17, 15) is 33.6 Å². The summed E-state index contributed by atoms with van der Waals surface area (Å²) in [4.78, 5) is 82.0. The van der Waals surface area contributed by atoms with Gasteiger partial charge in [0.1, 0.15) is 24.7 Å². The second-order valence-electron chi connectivity index (χ2n) is 8.08. The molecule has 0 rings (SSSR count). The highest BCUT2D eigenvalue weighted by atomic mass is 16.4. The molecule has 9 N–H and O–H groups in total. The minimum Gasteiger partial charge on any atom is -0.480 e. The largest absolute Gasteiger partial charge is 0.480 e. The van der Waals surface area contributed by atoms with Gasteiger partial charge in [-0.1, -0.05) is 13.8 Å². The lowest BCUT2D eigenvalue weighted by Gasteiger charge is -2.20. The lowest BCUT2D eigenvalue weighted by Crippen LogP contribution is -2.53. The van der Waals surface area contributed by atoms with Crippen molar-refractivity contribution in [2.24, 2.45) is 11.7 Å². The molecule has 15 heteroatoms. The normalized spacial score (nSPS) is 13.0. The van der Waals surface area contributed by atoms with Crippen molar-refractivity contribution in [2.75, 3.05) is 26.2 Å². The van der Waals surface area contributed by atoms with Crippen LogP contribution in [0.15, 0.2) is 0 Å². The van der Waals surface area contributed by atoms with E-state index >= 15 is 0 Å². The van der Waals surface area contributed by atoms with Gasteiger partial charge in [0.25, 0.3) is 0 Å². The summed E-state index contributed by atoms with van der Waals surface area (Å²) >= 11 is 0. The Hall–Kier alpha value is -3.75. The number of carbonyl (C=O) groups excluding carboxylic acids is 6. The number of carbonyl (C=O) groups is 7. The number of carboxylic acid groups (broad SMARTS) is 1. The van der Waals surface area contributed by atoms with Crippen LogP contribution >= 0.6 is 0 Å². The van der Waals surface area contributed by atoms with E-state index in [1.54, 1.807) is 0 Å². The molecule has 0 aliphatic carbocycles. The minimum absolute atomic E-state index is 0.0840. The lowest BCUT2D eigenvalue weighted by molar-refractivity contribution is -0.138. The molecule has 3 atom stereocenters. The van der Waals surface area contributed by atoms with E-state index < -0.39 is 79.2 Å². The van der Waals surface area contributed by atoms with E-state index in [1.165, 1.54) is 13.8 Å². The Morgan fingerprint density at radius 3 is 1.49 bits per heavy atom. The van der Waals surface area contributed by atoms with Crippen LogP contribution in [-0.4, -0.2) is 90.8 Å². The maximum atomic E-state index is 12.3. The van der Waals surface area contributed by atoms with Crippen LogP contribution in [0, 0.1) is 5.92 Å². The van der Waals surface area contributed by atoms with Gasteiger partial charge in [0.15, 0.2) is 0 Å². The first-order valence-electron chi connectivity index (χ1n) is 10.9. The van der Waals surface area contributed by atoms with Crippen LogP contribution in [0.5, 0.6) is 0 Å². The Bertz CT molecular complexity index is 802. The highest BCUT2D eigenvalue weighted by Gasteiger charge is 2.23. The van der Waals surface area contributed by atoms with Gasteiger partial charge < -0.3 is 42.7 Å². The van der Waals surface area contributed by atoms with Gasteiger partial charge in [-0.25, -0.2) is 0 Å². The standard InChI is InChI=1S/C20H35N7O8/c1-10(2)5-13(27-14(28)6-21)20(35)23-8-16(30)25-11(3)18(33)22-7-15(29)26-12(4)19(34)24-9-17(31)32/h10-13H,5-9,21H2,1-4H3,(H,22,33)(H,23,35)(H,24,34)(H,25,30)(H,26,29)(H,27,28)(H,31,32)/t11-,12-,13-/m0/s1. The molecule has 0 aliphatic rings. The predicted octanol–water partition coefficient (Wildman–Crippen LogP) is -4.08. The molecule has 0 unspecified atom stereocenters. The molecular formula is C20H35N7O8. The first-order valence-corrected chi connectivity index (χ1v) is 10.9. The van der Waals surface area contributed by atoms with Crippen molar-refractivity contribution in [3.05, 3.63) is 0 Å². The zero-order valence-corrected chi connectivity index (χ0v) is 20.2. The maximum absolute atomic E-state index is 12.3. The third-order valence-corrected chi connectivity index (χ3v) is 4.35. The number of rotatable bonds is 15. The van der Waals surface area contributed by atoms with Crippen molar-refractivity contribution >= 4 is 41.4 Å². The van der Waals surface area contributed by atoms with Crippen molar-refractivity contribution in [2.45, 2.75) is 52.2 Å². The molecule has 0 aromatic heterocycles. The van der Waals surface area contributed by atoms with Gasteiger partial charge in [0, 0.05) is 0 Å². The Kier molecular flexibility index (Phi) is 14.3. The Labute approximate surface area is 202 Å². The molecule has 0 radical (unpaired) electrons.